The van der Waals surface area contributed by atoms with Crippen molar-refractivity contribution < 1.29 is 23.2 Å². The number of H-pyrrole nitrogens is 1. The van der Waals surface area contributed by atoms with Gasteiger partial charge in [-0.05, 0) is 31.7 Å². The molecule has 14 heteroatoms. The van der Waals surface area contributed by atoms with Crippen LogP contribution in [0.3, 0.4) is 0 Å². The highest BCUT2D eigenvalue weighted by atomic mass is 19.1. The monoisotopic (exact) mass is 524 g/mol. The normalized spacial score (nSPS) is 15.1. The molecule has 4 heterocycles. The number of amides is 3. The van der Waals surface area contributed by atoms with E-state index in [-0.39, 0.29) is 29.5 Å². The second-order valence-electron chi connectivity index (χ2n) is 9.11. The average Bonchev–Trinajstić information content (AvgIpc) is 3.47. The number of likely N-dealkylation sites (N-methyl/N-ethyl adjacent to an activating group) is 1. The van der Waals surface area contributed by atoms with E-state index in [9.17, 15) is 23.6 Å². The van der Waals surface area contributed by atoms with Crippen molar-refractivity contribution in [3.8, 4) is 0 Å². The van der Waals surface area contributed by atoms with Crippen molar-refractivity contribution in [2.24, 2.45) is 0 Å². The van der Waals surface area contributed by atoms with Gasteiger partial charge in [0, 0.05) is 38.8 Å². The van der Waals surface area contributed by atoms with Gasteiger partial charge in [-0.2, -0.15) is 5.10 Å². The number of aromatic amines is 1. The maximum Gasteiger partial charge on any atom is 0.417 e. The lowest BCUT2D eigenvalue weighted by atomic mass is 10.2. The van der Waals surface area contributed by atoms with Gasteiger partial charge in [-0.3, -0.25) is 19.4 Å². The van der Waals surface area contributed by atoms with E-state index in [4.69, 9.17) is 4.42 Å². The number of aromatic nitrogens is 4. The van der Waals surface area contributed by atoms with Gasteiger partial charge in [-0.1, -0.05) is 6.07 Å². The smallest absolute Gasteiger partial charge is 0.408 e. The molecule has 3 N–H and O–H groups in total. The minimum Gasteiger partial charge on any atom is -0.408 e. The van der Waals surface area contributed by atoms with Crippen LogP contribution in [0.5, 0.6) is 0 Å². The molecule has 1 aliphatic rings. The van der Waals surface area contributed by atoms with Gasteiger partial charge < -0.3 is 24.9 Å². The molecule has 38 heavy (non-hydrogen) atoms. The highest BCUT2D eigenvalue weighted by molar-refractivity contribution is 6.00. The third-order valence-electron chi connectivity index (χ3n) is 6.36. The molecule has 13 nitrogen and oxygen atoms in total. The zero-order valence-corrected chi connectivity index (χ0v) is 20.7. The number of fused-ring (bicyclic) bond motifs is 2. The summed E-state index contributed by atoms with van der Waals surface area (Å²) in [7, 11) is 1.97. The highest BCUT2D eigenvalue weighted by Gasteiger charge is 2.27. The molecule has 0 spiro atoms. The maximum atomic E-state index is 14.4. The first-order valence-corrected chi connectivity index (χ1v) is 11.9. The Balaban J connectivity index is 1.33. The number of hydrogen-bond donors (Lipinski definition) is 3. The summed E-state index contributed by atoms with van der Waals surface area (Å²) in [5.41, 5.74) is 0.843. The number of carbonyl (C=O) groups excluding carboxylic acids is 3. The third-order valence-corrected chi connectivity index (χ3v) is 6.36. The van der Waals surface area contributed by atoms with Crippen LogP contribution in [0.4, 0.5) is 4.39 Å². The van der Waals surface area contributed by atoms with E-state index in [1.54, 1.807) is 30.0 Å². The number of hydrogen-bond acceptors (Lipinski definition) is 8. The molecule has 198 valence electrons. The van der Waals surface area contributed by atoms with Crippen molar-refractivity contribution in [3.63, 3.8) is 0 Å². The second kappa shape index (κ2) is 10.0. The predicted molar refractivity (Wildman–Crippen MR) is 132 cm³/mol. The molecule has 0 saturated carbocycles. The third kappa shape index (κ3) is 4.98. The van der Waals surface area contributed by atoms with Gasteiger partial charge >= 0.3 is 5.76 Å². The van der Waals surface area contributed by atoms with Crippen molar-refractivity contribution in [2.75, 3.05) is 33.2 Å². The fraction of sp³-hybridized carbons (Fsp3) is 0.333. The lowest BCUT2D eigenvalue weighted by molar-refractivity contribution is -0.134. The Hall–Kier alpha value is -4.59. The minimum atomic E-state index is -0.851. The molecule has 1 saturated heterocycles. The van der Waals surface area contributed by atoms with Gasteiger partial charge in [0.2, 0.25) is 5.91 Å². The van der Waals surface area contributed by atoms with Crippen LogP contribution in [0.15, 0.2) is 39.7 Å². The molecule has 0 radical (unpaired) electrons. The predicted octanol–water partition coefficient (Wildman–Crippen LogP) is 0.125. The van der Waals surface area contributed by atoms with E-state index in [1.807, 2.05) is 7.05 Å². The summed E-state index contributed by atoms with van der Waals surface area (Å²) in [6.45, 7) is 4.19. The summed E-state index contributed by atoms with van der Waals surface area (Å²) < 4.78 is 20.3. The number of rotatable bonds is 6. The van der Waals surface area contributed by atoms with Crippen LogP contribution in [0.1, 0.15) is 33.5 Å². The Morgan fingerprint density at radius 2 is 1.92 bits per heavy atom. The molecule has 5 rings (SSSR count). The zero-order chi connectivity index (χ0) is 27.0. The molecule has 1 atom stereocenters. The Labute approximate surface area is 214 Å². The summed E-state index contributed by atoms with van der Waals surface area (Å²) in [5.74, 6) is -3.02. The standard InChI is InChI=1S/C24H25FN8O5/c1-13(23(36)32-7-5-31(2)6-8-32)28-22(35)18-10-17(29-20-15(25)12-27-33(18)20)21(34)26-11-14-3-4-19-16(9-14)30-24(37)38-19/h3-4,9-10,12-13H,5-8,11H2,1-2H3,(H,26,34)(H,28,35)(H,30,37)/t13-/m0/s1. The summed E-state index contributed by atoms with van der Waals surface area (Å²) in [5, 5.41) is 9.15. The van der Waals surface area contributed by atoms with Crippen molar-refractivity contribution in [2.45, 2.75) is 19.5 Å². The number of piperazine rings is 1. The number of nitrogens with one attached hydrogen (secondary N) is 3. The van der Waals surface area contributed by atoms with Crippen LogP contribution in [-0.4, -0.2) is 86.4 Å². The topological polar surface area (TPSA) is 158 Å². The molecule has 1 fully saturated rings. The summed E-state index contributed by atoms with van der Waals surface area (Å²) in [6, 6.07) is 5.24. The van der Waals surface area contributed by atoms with Crippen molar-refractivity contribution in [1.82, 2.24) is 40.0 Å². The molecular weight excluding hydrogens is 499 g/mol. The van der Waals surface area contributed by atoms with Crippen LogP contribution < -0.4 is 16.4 Å². The maximum absolute atomic E-state index is 14.4. The van der Waals surface area contributed by atoms with Crippen molar-refractivity contribution in [1.29, 1.82) is 0 Å². The van der Waals surface area contributed by atoms with E-state index in [1.165, 1.54) is 6.07 Å². The average molecular weight is 525 g/mol. The number of carbonyl (C=O) groups is 3. The van der Waals surface area contributed by atoms with E-state index in [0.29, 0.717) is 29.8 Å². The van der Waals surface area contributed by atoms with Gasteiger partial charge in [0.05, 0.1) is 11.7 Å². The zero-order valence-electron chi connectivity index (χ0n) is 20.7. The fourth-order valence-corrected chi connectivity index (χ4v) is 4.23. The molecule has 3 aromatic heterocycles. The SMILES string of the molecule is C[C@H](NC(=O)c1cc(C(=O)NCc2ccc3oc(=O)[nH]c3c2)nc2c(F)cnn12)C(=O)N1CCN(C)CC1. The van der Waals surface area contributed by atoms with Crippen LogP contribution in [0.25, 0.3) is 16.7 Å². The van der Waals surface area contributed by atoms with E-state index in [0.717, 1.165) is 23.8 Å². The van der Waals surface area contributed by atoms with E-state index < -0.39 is 29.4 Å². The van der Waals surface area contributed by atoms with E-state index >= 15 is 0 Å². The fourth-order valence-electron chi connectivity index (χ4n) is 4.23. The van der Waals surface area contributed by atoms with Crippen LogP contribution in [0.2, 0.25) is 0 Å². The molecule has 0 bridgehead atoms. The molecule has 0 unspecified atom stereocenters. The first kappa shape index (κ1) is 25.1. The van der Waals surface area contributed by atoms with Gasteiger partial charge in [-0.15, -0.1) is 0 Å². The molecule has 0 aliphatic carbocycles. The lowest BCUT2D eigenvalue weighted by Gasteiger charge is -2.34. The Morgan fingerprint density at radius 1 is 1.16 bits per heavy atom. The van der Waals surface area contributed by atoms with Crippen LogP contribution >= 0.6 is 0 Å². The van der Waals surface area contributed by atoms with Gasteiger partial charge in [0.25, 0.3) is 11.8 Å². The highest BCUT2D eigenvalue weighted by Crippen LogP contribution is 2.14. The summed E-state index contributed by atoms with van der Waals surface area (Å²) in [6.07, 6.45) is 0.889. The van der Waals surface area contributed by atoms with Crippen molar-refractivity contribution >= 4 is 34.5 Å². The van der Waals surface area contributed by atoms with Gasteiger partial charge in [-0.25, -0.2) is 18.7 Å². The second-order valence-corrected chi connectivity index (χ2v) is 9.11. The molecular formula is C24H25FN8O5. The summed E-state index contributed by atoms with van der Waals surface area (Å²) >= 11 is 0. The molecule has 4 aromatic rings. The van der Waals surface area contributed by atoms with Crippen LogP contribution in [0, 0.1) is 5.82 Å². The molecule has 3 amide bonds. The van der Waals surface area contributed by atoms with Crippen molar-refractivity contribution in [3.05, 3.63) is 63.8 Å². The minimum absolute atomic E-state index is 0.0642. The molecule has 1 aliphatic heterocycles. The van der Waals surface area contributed by atoms with E-state index in [2.05, 4.69) is 30.6 Å². The number of oxazole rings is 1. The molecule has 1 aromatic carbocycles. The first-order chi connectivity index (χ1) is 18.2. The Morgan fingerprint density at radius 3 is 2.68 bits per heavy atom. The summed E-state index contributed by atoms with van der Waals surface area (Å²) in [4.78, 5) is 60.6. The Kier molecular flexibility index (Phi) is 6.63. The Bertz CT molecular complexity index is 1600. The first-order valence-electron chi connectivity index (χ1n) is 11.9. The van der Waals surface area contributed by atoms with Gasteiger partial charge in [0.1, 0.15) is 17.4 Å². The van der Waals surface area contributed by atoms with Crippen LogP contribution in [-0.2, 0) is 11.3 Å². The lowest BCUT2D eigenvalue weighted by Crippen LogP contribution is -2.53. The largest absolute Gasteiger partial charge is 0.417 e. The van der Waals surface area contributed by atoms with Gasteiger partial charge in [0.15, 0.2) is 17.0 Å². The number of nitrogens with zero attached hydrogens (tertiary/aromatic N) is 5. The number of halogens is 1. The number of benzene rings is 1. The quantitative estimate of drug-likeness (QED) is 0.321.